The summed E-state index contributed by atoms with van der Waals surface area (Å²) < 4.78 is 1.73. The largest absolute Gasteiger partial charge is 0.478 e. The van der Waals surface area contributed by atoms with Gasteiger partial charge in [0.15, 0.2) is 5.65 Å². The number of carbonyl (C=O) groups is 1. The molecular weight excluding hydrogens is 266 g/mol. The van der Waals surface area contributed by atoms with Gasteiger partial charge >= 0.3 is 5.97 Å². The summed E-state index contributed by atoms with van der Waals surface area (Å²) in [5.74, 6) is -0.982. The Hall–Kier alpha value is -2.14. The van der Waals surface area contributed by atoms with Crippen molar-refractivity contribution in [1.29, 1.82) is 0 Å². The number of halogens is 1. The lowest BCUT2D eigenvalue weighted by Crippen LogP contribution is -1.99. The topological polar surface area (TPSA) is 68.0 Å². The van der Waals surface area contributed by atoms with Crippen LogP contribution in [0, 0.1) is 0 Å². The Bertz CT molecular complexity index is 810. The van der Waals surface area contributed by atoms with E-state index in [4.69, 9.17) is 16.7 Å². The minimum Gasteiger partial charge on any atom is -0.478 e. The van der Waals surface area contributed by atoms with Gasteiger partial charge in [-0.3, -0.25) is 0 Å². The number of aryl methyl sites for hydroxylation is 1. The van der Waals surface area contributed by atoms with Crippen LogP contribution in [0.25, 0.3) is 21.9 Å². The molecule has 1 N–H and O–H groups in total. The lowest BCUT2D eigenvalue weighted by atomic mass is 10.1. The molecule has 0 saturated carbocycles. The van der Waals surface area contributed by atoms with Gasteiger partial charge < -0.3 is 5.11 Å². The fraction of sp³-hybridized carbons (Fsp3) is 0.154. The molecular formula is C13H10ClN3O2. The summed E-state index contributed by atoms with van der Waals surface area (Å²) in [6.07, 6.45) is 1.68. The van der Waals surface area contributed by atoms with Gasteiger partial charge in [0.2, 0.25) is 0 Å². The number of carboxylic acid groups (broad SMARTS) is 1. The van der Waals surface area contributed by atoms with Crippen molar-refractivity contribution in [1.82, 2.24) is 14.8 Å². The van der Waals surface area contributed by atoms with E-state index in [0.29, 0.717) is 22.7 Å². The molecule has 0 atom stereocenters. The Morgan fingerprint density at radius 2 is 2.21 bits per heavy atom. The minimum atomic E-state index is -0.982. The summed E-state index contributed by atoms with van der Waals surface area (Å²) in [6.45, 7) is 2.64. The molecule has 0 saturated heterocycles. The number of hydrogen-bond donors (Lipinski definition) is 1. The normalized spacial score (nSPS) is 11.3. The number of pyridine rings is 1. The first kappa shape index (κ1) is 11.9. The fourth-order valence-corrected chi connectivity index (χ4v) is 2.38. The smallest absolute Gasteiger partial charge is 0.335 e. The van der Waals surface area contributed by atoms with Gasteiger partial charge in [0.05, 0.1) is 27.7 Å². The zero-order chi connectivity index (χ0) is 13.6. The lowest BCUT2D eigenvalue weighted by molar-refractivity contribution is 0.0697. The molecule has 6 heteroatoms. The first-order chi connectivity index (χ1) is 9.11. The van der Waals surface area contributed by atoms with Crippen LogP contribution in [-0.2, 0) is 6.54 Å². The highest BCUT2D eigenvalue weighted by Gasteiger charge is 2.13. The van der Waals surface area contributed by atoms with Gasteiger partial charge in [0.25, 0.3) is 0 Å². The van der Waals surface area contributed by atoms with Crippen molar-refractivity contribution >= 4 is 39.5 Å². The average Bonchev–Trinajstić information content (AvgIpc) is 2.81. The molecule has 3 aromatic rings. The molecule has 0 spiro atoms. The zero-order valence-corrected chi connectivity index (χ0v) is 10.8. The first-order valence-corrected chi connectivity index (χ1v) is 6.17. The van der Waals surface area contributed by atoms with Crippen LogP contribution in [-0.4, -0.2) is 25.8 Å². The minimum absolute atomic E-state index is 0.193. The zero-order valence-electron chi connectivity index (χ0n) is 10.1. The predicted octanol–water partition coefficient (Wildman–Crippen LogP) is 2.96. The molecule has 96 valence electrons. The molecule has 0 fully saturated rings. The second kappa shape index (κ2) is 4.20. The van der Waals surface area contributed by atoms with E-state index in [1.807, 2.05) is 6.92 Å². The highest BCUT2D eigenvalue weighted by molar-refractivity contribution is 6.40. The van der Waals surface area contributed by atoms with E-state index in [0.717, 1.165) is 10.8 Å². The van der Waals surface area contributed by atoms with Gasteiger partial charge in [-0.25, -0.2) is 14.5 Å². The number of fused-ring (bicyclic) bond motifs is 2. The molecule has 5 nitrogen and oxygen atoms in total. The molecule has 0 amide bonds. The average molecular weight is 276 g/mol. The van der Waals surface area contributed by atoms with E-state index >= 15 is 0 Å². The Labute approximate surface area is 113 Å². The SMILES string of the molecule is CCn1ncc2c(Cl)c3ccc(C(=O)O)cc3nc21. The van der Waals surface area contributed by atoms with E-state index in [2.05, 4.69) is 10.1 Å². The van der Waals surface area contributed by atoms with E-state index in [-0.39, 0.29) is 5.56 Å². The van der Waals surface area contributed by atoms with Crippen LogP contribution in [0.5, 0.6) is 0 Å². The van der Waals surface area contributed by atoms with Crippen LogP contribution < -0.4 is 0 Å². The number of hydrogen-bond acceptors (Lipinski definition) is 3. The Morgan fingerprint density at radius 3 is 2.89 bits per heavy atom. The van der Waals surface area contributed by atoms with Gasteiger partial charge in [-0.2, -0.15) is 5.10 Å². The maximum Gasteiger partial charge on any atom is 0.335 e. The molecule has 2 aromatic heterocycles. The third-order valence-corrected chi connectivity index (χ3v) is 3.46. The third-order valence-electron chi connectivity index (χ3n) is 3.06. The molecule has 2 heterocycles. The van der Waals surface area contributed by atoms with Crippen molar-refractivity contribution in [2.75, 3.05) is 0 Å². The molecule has 19 heavy (non-hydrogen) atoms. The Morgan fingerprint density at radius 1 is 1.42 bits per heavy atom. The van der Waals surface area contributed by atoms with Crippen molar-refractivity contribution in [3.05, 3.63) is 35.0 Å². The van der Waals surface area contributed by atoms with Crippen molar-refractivity contribution in [3.8, 4) is 0 Å². The molecule has 0 bridgehead atoms. The van der Waals surface area contributed by atoms with E-state index in [1.165, 1.54) is 12.1 Å². The van der Waals surface area contributed by atoms with Crippen LogP contribution in [0.15, 0.2) is 24.4 Å². The summed E-state index contributed by atoms with van der Waals surface area (Å²) in [5.41, 5.74) is 1.42. The van der Waals surface area contributed by atoms with Crippen LogP contribution in [0.3, 0.4) is 0 Å². The van der Waals surface area contributed by atoms with Gasteiger partial charge in [-0.1, -0.05) is 17.7 Å². The summed E-state index contributed by atoms with van der Waals surface area (Å²) in [5, 5.41) is 15.3. The van der Waals surface area contributed by atoms with Crippen molar-refractivity contribution in [3.63, 3.8) is 0 Å². The Kier molecular flexibility index (Phi) is 2.64. The fourth-order valence-electron chi connectivity index (χ4n) is 2.09. The van der Waals surface area contributed by atoms with Crippen LogP contribution in [0.1, 0.15) is 17.3 Å². The maximum absolute atomic E-state index is 11.0. The third kappa shape index (κ3) is 1.74. The highest BCUT2D eigenvalue weighted by Crippen LogP contribution is 2.30. The maximum atomic E-state index is 11.0. The standard InChI is InChI=1S/C13H10ClN3O2/c1-2-17-12-9(6-15-17)11(14)8-4-3-7(13(18)19)5-10(8)16-12/h3-6H,2H2,1H3,(H,18,19). The molecule has 0 aliphatic rings. The second-order valence-corrected chi connectivity index (χ2v) is 4.54. The summed E-state index contributed by atoms with van der Waals surface area (Å²) in [6, 6.07) is 4.72. The summed E-state index contributed by atoms with van der Waals surface area (Å²) >= 11 is 6.34. The predicted molar refractivity (Wildman–Crippen MR) is 72.7 cm³/mol. The summed E-state index contributed by atoms with van der Waals surface area (Å²) in [4.78, 5) is 15.5. The number of nitrogens with zero attached hydrogens (tertiary/aromatic N) is 3. The molecule has 0 aliphatic heterocycles. The number of benzene rings is 1. The van der Waals surface area contributed by atoms with Crippen molar-refractivity contribution < 1.29 is 9.90 Å². The van der Waals surface area contributed by atoms with E-state index in [9.17, 15) is 4.79 Å². The molecule has 0 unspecified atom stereocenters. The number of aromatic nitrogens is 3. The first-order valence-electron chi connectivity index (χ1n) is 5.80. The monoisotopic (exact) mass is 275 g/mol. The molecule has 1 aromatic carbocycles. The van der Waals surface area contributed by atoms with E-state index in [1.54, 1.807) is 16.9 Å². The Balaban J connectivity index is 2.41. The van der Waals surface area contributed by atoms with Gasteiger partial charge in [0.1, 0.15) is 0 Å². The van der Waals surface area contributed by atoms with Crippen LogP contribution in [0.4, 0.5) is 0 Å². The van der Waals surface area contributed by atoms with Gasteiger partial charge in [-0.05, 0) is 19.1 Å². The second-order valence-electron chi connectivity index (χ2n) is 4.16. The molecule has 0 aliphatic carbocycles. The number of carboxylic acids is 1. The van der Waals surface area contributed by atoms with Gasteiger partial charge in [0, 0.05) is 11.9 Å². The molecule has 0 radical (unpaired) electrons. The molecule has 3 rings (SSSR count). The summed E-state index contributed by atoms with van der Waals surface area (Å²) in [7, 11) is 0. The number of aromatic carboxylic acids is 1. The van der Waals surface area contributed by atoms with Crippen molar-refractivity contribution in [2.24, 2.45) is 0 Å². The van der Waals surface area contributed by atoms with Crippen LogP contribution >= 0.6 is 11.6 Å². The van der Waals surface area contributed by atoms with Crippen LogP contribution in [0.2, 0.25) is 5.02 Å². The lowest BCUT2D eigenvalue weighted by Gasteiger charge is -2.04. The number of rotatable bonds is 2. The van der Waals surface area contributed by atoms with Gasteiger partial charge in [-0.15, -0.1) is 0 Å². The highest BCUT2D eigenvalue weighted by atomic mass is 35.5. The quantitative estimate of drug-likeness (QED) is 0.781. The van der Waals surface area contributed by atoms with E-state index < -0.39 is 5.97 Å². The van der Waals surface area contributed by atoms with Crippen molar-refractivity contribution in [2.45, 2.75) is 13.5 Å².